The molecule has 0 saturated carbocycles. The van der Waals surface area contributed by atoms with Gasteiger partial charge in [0, 0.05) is 12.1 Å². The van der Waals surface area contributed by atoms with Gasteiger partial charge in [-0.2, -0.15) is 10.4 Å². The van der Waals surface area contributed by atoms with Crippen LogP contribution in [-0.4, -0.2) is 42.2 Å². The van der Waals surface area contributed by atoms with Crippen molar-refractivity contribution in [3.05, 3.63) is 22.0 Å². The van der Waals surface area contributed by atoms with Gasteiger partial charge in [0.2, 0.25) is 0 Å². The third-order valence-electron chi connectivity index (χ3n) is 4.09. The highest BCUT2D eigenvalue weighted by Gasteiger charge is 2.32. The van der Waals surface area contributed by atoms with Gasteiger partial charge in [-0.05, 0) is 25.8 Å². The molecule has 9 heteroatoms. The van der Waals surface area contributed by atoms with Crippen molar-refractivity contribution in [2.24, 2.45) is 0 Å². The minimum absolute atomic E-state index is 0.000392. The van der Waals surface area contributed by atoms with Crippen molar-refractivity contribution >= 4 is 33.4 Å². The van der Waals surface area contributed by atoms with E-state index in [9.17, 15) is 18.5 Å². The first-order chi connectivity index (χ1) is 11.8. The van der Waals surface area contributed by atoms with Gasteiger partial charge in [0.1, 0.15) is 16.8 Å². The highest BCUT2D eigenvalue weighted by molar-refractivity contribution is 7.91. The molecule has 2 rings (SSSR count). The van der Waals surface area contributed by atoms with E-state index in [4.69, 9.17) is 11.6 Å². The lowest BCUT2D eigenvalue weighted by Gasteiger charge is -2.09. The third kappa shape index (κ3) is 4.61. The molecule has 1 aromatic rings. The molecule has 0 bridgehead atoms. The first-order valence-electron chi connectivity index (χ1n) is 8.14. The van der Waals surface area contributed by atoms with E-state index in [1.807, 2.05) is 13.0 Å². The standard InChI is InChI=1S/C16H21ClN4O3S/c1-3-4-6-19-16(22)12(9-18)8-14-11(2)20-21(15(14)17)13-5-7-25(23,24)10-13/h8,13H,3-7,10H2,1-2H3,(H,19,22)/b12-8+/t13-/m0/s1. The highest BCUT2D eigenvalue weighted by atomic mass is 35.5. The van der Waals surface area contributed by atoms with Gasteiger partial charge >= 0.3 is 0 Å². The molecule has 0 unspecified atom stereocenters. The highest BCUT2D eigenvalue weighted by Crippen LogP contribution is 2.30. The van der Waals surface area contributed by atoms with E-state index in [1.165, 1.54) is 10.8 Å². The summed E-state index contributed by atoms with van der Waals surface area (Å²) in [6.45, 7) is 4.22. The molecule has 1 amide bonds. The van der Waals surface area contributed by atoms with E-state index < -0.39 is 15.7 Å². The molecular formula is C16H21ClN4O3S. The molecule has 136 valence electrons. The Bertz CT molecular complexity index is 836. The molecule has 1 fully saturated rings. The Morgan fingerprint density at radius 2 is 2.28 bits per heavy atom. The van der Waals surface area contributed by atoms with Crippen molar-refractivity contribution in [1.82, 2.24) is 15.1 Å². The Labute approximate surface area is 152 Å². The van der Waals surface area contributed by atoms with Crippen LogP contribution in [0.15, 0.2) is 5.57 Å². The van der Waals surface area contributed by atoms with E-state index >= 15 is 0 Å². The van der Waals surface area contributed by atoms with E-state index in [1.54, 1.807) is 6.92 Å². The molecule has 0 aliphatic carbocycles. The molecule has 1 aliphatic heterocycles. The molecule has 1 aromatic heterocycles. The zero-order valence-electron chi connectivity index (χ0n) is 14.2. The maximum atomic E-state index is 12.1. The van der Waals surface area contributed by atoms with Crippen molar-refractivity contribution in [1.29, 1.82) is 5.26 Å². The molecule has 2 heterocycles. The minimum atomic E-state index is -3.07. The second-order valence-corrected chi connectivity index (χ2v) is 8.66. The Kier molecular flexibility index (Phi) is 6.25. The number of nitrogens with zero attached hydrogens (tertiary/aromatic N) is 3. The molecule has 1 atom stereocenters. The fraction of sp³-hybridized carbons (Fsp3) is 0.562. The predicted octanol–water partition coefficient (Wildman–Crippen LogP) is 2.03. The van der Waals surface area contributed by atoms with E-state index in [0.717, 1.165) is 12.8 Å². The lowest BCUT2D eigenvalue weighted by molar-refractivity contribution is -0.117. The summed E-state index contributed by atoms with van der Waals surface area (Å²) in [5, 5.41) is 16.5. The monoisotopic (exact) mass is 384 g/mol. The second kappa shape index (κ2) is 8.02. The largest absolute Gasteiger partial charge is 0.351 e. The Hall–Kier alpha value is -1.85. The van der Waals surface area contributed by atoms with Gasteiger partial charge in [0.25, 0.3) is 5.91 Å². The fourth-order valence-corrected chi connectivity index (χ4v) is 4.73. The van der Waals surface area contributed by atoms with Crippen molar-refractivity contribution in [3.63, 3.8) is 0 Å². The van der Waals surface area contributed by atoms with Crippen LogP contribution in [0.4, 0.5) is 0 Å². The SMILES string of the molecule is CCCCNC(=O)/C(C#N)=C/c1c(C)nn([C@H]2CCS(=O)(=O)C2)c1Cl. The molecule has 0 radical (unpaired) electrons. The quantitative estimate of drug-likeness (QED) is 0.459. The molecule has 1 aliphatic rings. The van der Waals surface area contributed by atoms with Gasteiger partial charge in [-0.15, -0.1) is 0 Å². The van der Waals surface area contributed by atoms with E-state index in [0.29, 0.717) is 24.2 Å². The van der Waals surface area contributed by atoms with Crippen LogP contribution in [0.1, 0.15) is 43.5 Å². The number of hydrogen-bond donors (Lipinski definition) is 1. The van der Waals surface area contributed by atoms with Gasteiger partial charge in [-0.25, -0.2) is 13.1 Å². The van der Waals surface area contributed by atoms with Gasteiger partial charge in [-0.3, -0.25) is 4.79 Å². The van der Waals surface area contributed by atoms with Crippen LogP contribution in [0.2, 0.25) is 5.15 Å². The molecule has 7 nitrogen and oxygen atoms in total. The van der Waals surface area contributed by atoms with Crippen LogP contribution in [0.3, 0.4) is 0 Å². The summed E-state index contributed by atoms with van der Waals surface area (Å²) in [4.78, 5) is 12.1. The number of aromatic nitrogens is 2. The number of halogens is 1. The molecule has 0 spiro atoms. The maximum Gasteiger partial charge on any atom is 0.261 e. The maximum absolute atomic E-state index is 12.1. The summed E-state index contributed by atoms with van der Waals surface area (Å²) in [6, 6.07) is 1.56. The van der Waals surface area contributed by atoms with Crippen LogP contribution >= 0.6 is 11.6 Å². The van der Waals surface area contributed by atoms with Crippen LogP contribution < -0.4 is 5.32 Å². The summed E-state index contributed by atoms with van der Waals surface area (Å²) < 4.78 is 24.8. The average molecular weight is 385 g/mol. The lowest BCUT2D eigenvalue weighted by atomic mass is 10.1. The summed E-state index contributed by atoms with van der Waals surface area (Å²) in [7, 11) is -3.07. The van der Waals surface area contributed by atoms with Crippen molar-refractivity contribution < 1.29 is 13.2 Å². The number of carbonyl (C=O) groups excluding carboxylic acids is 1. The fourth-order valence-electron chi connectivity index (χ4n) is 2.67. The molecule has 0 aromatic carbocycles. The number of nitrogens with one attached hydrogen (secondary N) is 1. The number of carbonyl (C=O) groups is 1. The Morgan fingerprint density at radius 1 is 1.56 bits per heavy atom. The molecule has 25 heavy (non-hydrogen) atoms. The Balaban J connectivity index is 2.27. The van der Waals surface area contributed by atoms with Crippen LogP contribution in [0.5, 0.6) is 0 Å². The summed E-state index contributed by atoms with van der Waals surface area (Å²) in [6.07, 6.45) is 3.63. The smallest absolute Gasteiger partial charge is 0.261 e. The van der Waals surface area contributed by atoms with E-state index in [-0.39, 0.29) is 28.3 Å². The predicted molar refractivity (Wildman–Crippen MR) is 95.8 cm³/mol. The number of unbranched alkanes of at least 4 members (excludes halogenated alkanes) is 1. The number of nitriles is 1. The zero-order valence-corrected chi connectivity index (χ0v) is 15.8. The Morgan fingerprint density at radius 3 is 2.84 bits per heavy atom. The summed E-state index contributed by atoms with van der Waals surface area (Å²) in [5.41, 5.74) is 0.955. The van der Waals surface area contributed by atoms with Crippen molar-refractivity contribution in [2.75, 3.05) is 18.1 Å². The number of rotatable bonds is 6. The van der Waals surface area contributed by atoms with Crippen LogP contribution in [-0.2, 0) is 14.6 Å². The second-order valence-electron chi connectivity index (χ2n) is 6.07. The number of sulfone groups is 1. The molecule has 1 saturated heterocycles. The average Bonchev–Trinajstić information content (AvgIpc) is 3.05. The summed E-state index contributed by atoms with van der Waals surface area (Å²) in [5.74, 6) is -0.344. The van der Waals surface area contributed by atoms with E-state index in [2.05, 4.69) is 10.4 Å². The van der Waals surface area contributed by atoms with Gasteiger partial charge < -0.3 is 5.32 Å². The zero-order chi connectivity index (χ0) is 18.6. The normalized spacial score (nSPS) is 19.6. The summed E-state index contributed by atoms with van der Waals surface area (Å²) >= 11 is 6.36. The molecular weight excluding hydrogens is 364 g/mol. The van der Waals surface area contributed by atoms with Crippen molar-refractivity contribution in [2.45, 2.75) is 39.2 Å². The lowest BCUT2D eigenvalue weighted by Crippen LogP contribution is -2.25. The number of hydrogen-bond acceptors (Lipinski definition) is 5. The third-order valence-corrected chi connectivity index (χ3v) is 6.22. The topological polar surface area (TPSA) is 105 Å². The van der Waals surface area contributed by atoms with Crippen LogP contribution in [0.25, 0.3) is 6.08 Å². The number of aryl methyl sites for hydroxylation is 1. The first kappa shape index (κ1) is 19.5. The first-order valence-corrected chi connectivity index (χ1v) is 10.3. The van der Waals surface area contributed by atoms with Crippen LogP contribution in [0, 0.1) is 18.3 Å². The van der Waals surface area contributed by atoms with Gasteiger partial charge in [0.15, 0.2) is 9.84 Å². The van der Waals surface area contributed by atoms with Gasteiger partial charge in [-0.1, -0.05) is 24.9 Å². The molecule has 1 N–H and O–H groups in total. The number of amides is 1. The van der Waals surface area contributed by atoms with Crippen molar-refractivity contribution in [3.8, 4) is 6.07 Å². The van der Waals surface area contributed by atoms with Gasteiger partial charge in [0.05, 0.1) is 23.2 Å². The minimum Gasteiger partial charge on any atom is -0.351 e.